The number of carbonyl (C=O) groups is 1. The van der Waals surface area contributed by atoms with Crippen LogP contribution in [0.1, 0.15) is 25.8 Å². The van der Waals surface area contributed by atoms with Gasteiger partial charge in [-0.2, -0.15) is 4.31 Å². The maximum Gasteiger partial charge on any atom is 0.304 e. The normalized spacial score (nSPS) is 12.1. The van der Waals surface area contributed by atoms with Crippen molar-refractivity contribution >= 4 is 27.6 Å². The van der Waals surface area contributed by atoms with Gasteiger partial charge in [-0.1, -0.05) is 17.7 Å². The molecule has 1 rings (SSSR count). The first-order chi connectivity index (χ1) is 9.16. The second kappa shape index (κ2) is 6.56. The monoisotopic (exact) mass is 319 g/mol. The lowest BCUT2D eigenvalue weighted by Crippen LogP contribution is -2.38. The van der Waals surface area contributed by atoms with Crippen molar-refractivity contribution in [3.63, 3.8) is 0 Å². The molecule has 0 unspecified atom stereocenters. The number of carboxylic acids is 1. The average Bonchev–Trinajstić information content (AvgIpc) is 2.26. The summed E-state index contributed by atoms with van der Waals surface area (Å²) < 4.78 is 26.3. The van der Waals surface area contributed by atoms with Crippen molar-refractivity contribution in [1.82, 2.24) is 4.31 Å². The van der Waals surface area contributed by atoms with Crippen LogP contribution in [-0.4, -0.2) is 36.4 Å². The van der Waals surface area contributed by atoms with Gasteiger partial charge in [0, 0.05) is 12.6 Å². The van der Waals surface area contributed by atoms with Crippen LogP contribution in [0.25, 0.3) is 0 Å². The highest BCUT2D eigenvalue weighted by molar-refractivity contribution is 7.89. The van der Waals surface area contributed by atoms with Gasteiger partial charge in [0.25, 0.3) is 0 Å². The Morgan fingerprint density at radius 1 is 1.40 bits per heavy atom. The second-order valence-electron chi connectivity index (χ2n) is 4.79. The van der Waals surface area contributed by atoms with Crippen molar-refractivity contribution in [1.29, 1.82) is 0 Å². The van der Waals surface area contributed by atoms with Gasteiger partial charge in [-0.15, -0.1) is 0 Å². The van der Waals surface area contributed by atoms with Crippen molar-refractivity contribution in [2.24, 2.45) is 0 Å². The van der Waals surface area contributed by atoms with Crippen molar-refractivity contribution in [2.75, 3.05) is 6.54 Å². The number of rotatable bonds is 6. The fourth-order valence-electron chi connectivity index (χ4n) is 1.80. The zero-order valence-electron chi connectivity index (χ0n) is 11.6. The van der Waals surface area contributed by atoms with Crippen LogP contribution in [0.3, 0.4) is 0 Å². The number of hydrogen-bond acceptors (Lipinski definition) is 3. The molecule has 20 heavy (non-hydrogen) atoms. The van der Waals surface area contributed by atoms with E-state index in [-0.39, 0.29) is 28.9 Å². The van der Waals surface area contributed by atoms with Gasteiger partial charge in [0.1, 0.15) is 4.90 Å². The van der Waals surface area contributed by atoms with Gasteiger partial charge in [0.05, 0.1) is 11.4 Å². The number of aliphatic carboxylic acids is 1. The molecule has 0 aliphatic rings. The molecule has 0 saturated carbocycles. The summed E-state index contributed by atoms with van der Waals surface area (Å²) in [7, 11) is -3.81. The Hall–Kier alpha value is -1.11. The van der Waals surface area contributed by atoms with Crippen LogP contribution in [0.2, 0.25) is 5.02 Å². The van der Waals surface area contributed by atoms with E-state index in [1.54, 1.807) is 26.0 Å². The molecule has 0 amide bonds. The third-order valence-corrected chi connectivity index (χ3v) is 5.35. The molecule has 0 aromatic heterocycles. The maximum absolute atomic E-state index is 12.6. The Balaban J connectivity index is 3.19. The quantitative estimate of drug-likeness (QED) is 0.874. The number of halogens is 1. The van der Waals surface area contributed by atoms with Crippen molar-refractivity contribution in [3.05, 3.63) is 28.8 Å². The molecule has 112 valence electrons. The molecule has 0 aliphatic carbocycles. The SMILES string of the molecule is Cc1ccc(S(=O)(=O)N(CCC(=O)O)C(C)C)c(Cl)c1. The zero-order valence-corrected chi connectivity index (χ0v) is 13.2. The Kier molecular flexibility index (Phi) is 5.56. The van der Waals surface area contributed by atoms with Gasteiger partial charge < -0.3 is 5.11 Å². The lowest BCUT2D eigenvalue weighted by molar-refractivity contribution is -0.137. The average molecular weight is 320 g/mol. The number of benzene rings is 1. The molecular weight excluding hydrogens is 302 g/mol. The number of hydrogen-bond donors (Lipinski definition) is 1. The first-order valence-electron chi connectivity index (χ1n) is 6.16. The highest BCUT2D eigenvalue weighted by Crippen LogP contribution is 2.26. The smallest absolute Gasteiger partial charge is 0.304 e. The summed E-state index contributed by atoms with van der Waals surface area (Å²) >= 11 is 6.00. The fourth-order valence-corrected chi connectivity index (χ4v) is 4.02. The van der Waals surface area contributed by atoms with Crippen LogP contribution in [-0.2, 0) is 14.8 Å². The van der Waals surface area contributed by atoms with Crippen LogP contribution in [0, 0.1) is 6.92 Å². The molecule has 7 heteroatoms. The molecule has 1 aromatic carbocycles. The molecule has 0 spiro atoms. The number of nitrogens with zero attached hydrogens (tertiary/aromatic N) is 1. The molecule has 0 heterocycles. The standard InChI is InChI=1S/C13H18ClNO4S/c1-9(2)15(7-6-13(16)17)20(18,19)12-5-4-10(3)8-11(12)14/h4-5,8-9H,6-7H2,1-3H3,(H,16,17). The molecule has 1 aromatic rings. The molecule has 0 saturated heterocycles. The summed E-state index contributed by atoms with van der Waals surface area (Å²) in [5, 5.41) is 8.87. The van der Waals surface area contributed by atoms with E-state index >= 15 is 0 Å². The molecule has 0 atom stereocenters. The summed E-state index contributed by atoms with van der Waals surface area (Å²) in [6, 6.07) is 4.33. The van der Waals surface area contributed by atoms with Gasteiger partial charge in [0.15, 0.2) is 0 Å². The Morgan fingerprint density at radius 3 is 2.45 bits per heavy atom. The van der Waals surface area contributed by atoms with E-state index in [0.717, 1.165) is 9.87 Å². The largest absolute Gasteiger partial charge is 0.481 e. The molecule has 0 aliphatic heterocycles. The van der Waals surface area contributed by atoms with Crippen LogP contribution in [0.15, 0.2) is 23.1 Å². The van der Waals surface area contributed by atoms with Crippen molar-refractivity contribution in [2.45, 2.75) is 38.1 Å². The first-order valence-corrected chi connectivity index (χ1v) is 7.98. The maximum atomic E-state index is 12.6. The third kappa shape index (κ3) is 3.94. The number of aryl methyl sites for hydroxylation is 1. The van der Waals surface area contributed by atoms with E-state index in [0.29, 0.717) is 0 Å². The summed E-state index contributed by atoms with van der Waals surface area (Å²) in [4.78, 5) is 10.7. The summed E-state index contributed by atoms with van der Waals surface area (Å²) in [5.74, 6) is -1.04. The highest BCUT2D eigenvalue weighted by Gasteiger charge is 2.29. The van der Waals surface area contributed by atoms with Crippen LogP contribution < -0.4 is 0 Å². The number of sulfonamides is 1. The second-order valence-corrected chi connectivity index (χ2v) is 7.05. The highest BCUT2D eigenvalue weighted by atomic mass is 35.5. The molecule has 1 N–H and O–H groups in total. The molecule has 0 fully saturated rings. The van der Waals surface area contributed by atoms with Gasteiger partial charge in [-0.25, -0.2) is 8.42 Å². The van der Waals surface area contributed by atoms with Crippen LogP contribution in [0.4, 0.5) is 0 Å². The van der Waals surface area contributed by atoms with Gasteiger partial charge >= 0.3 is 5.97 Å². The van der Waals surface area contributed by atoms with E-state index in [1.807, 2.05) is 6.92 Å². The van der Waals surface area contributed by atoms with Gasteiger partial charge in [-0.3, -0.25) is 4.79 Å². The first kappa shape index (κ1) is 16.9. The minimum atomic E-state index is -3.81. The van der Waals surface area contributed by atoms with Crippen molar-refractivity contribution < 1.29 is 18.3 Å². The van der Waals surface area contributed by atoms with E-state index in [1.165, 1.54) is 6.07 Å². The Labute approximate surface area is 124 Å². The van der Waals surface area contributed by atoms with E-state index in [4.69, 9.17) is 16.7 Å². The van der Waals surface area contributed by atoms with E-state index in [9.17, 15) is 13.2 Å². The Morgan fingerprint density at radius 2 is 2.00 bits per heavy atom. The van der Waals surface area contributed by atoms with Gasteiger partial charge in [-0.05, 0) is 38.5 Å². The lowest BCUT2D eigenvalue weighted by atomic mass is 10.2. The minimum Gasteiger partial charge on any atom is -0.481 e. The molecule has 0 radical (unpaired) electrons. The topological polar surface area (TPSA) is 74.7 Å². The Bertz CT molecular complexity index is 598. The number of carboxylic acid groups (broad SMARTS) is 1. The van der Waals surface area contributed by atoms with Crippen LogP contribution >= 0.6 is 11.6 Å². The van der Waals surface area contributed by atoms with Gasteiger partial charge in [0.2, 0.25) is 10.0 Å². The summed E-state index contributed by atoms with van der Waals surface area (Å²) in [6.07, 6.45) is -0.249. The van der Waals surface area contributed by atoms with E-state index < -0.39 is 16.0 Å². The predicted molar refractivity (Wildman–Crippen MR) is 77.5 cm³/mol. The van der Waals surface area contributed by atoms with E-state index in [2.05, 4.69) is 0 Å². The molecular formula is C13H18ClNO4S. The lowest BCUT2D eigenvalue weighted by Gasteiger charge is -2.25. The molecule has 5 nitrogen and oxygen atoms in total. The van der Waals surface area contributed by atoms with Crippen LogP contribution in [0.5, 0.6) is 0 Å². The zero-order chi connectivity index (χ0) is 15.5. The molecule has 0 bridgehead atoms. The predicted octanol–water partition coefficient (Wildman–Crippen LogP) is 2.52. The third-order valence-electron chi connectivity index (χ3n) is 2.80. The van der Waals surface area contributed by atoms with Crippen molar-refractivity contribution in [3.8, 4) is 0 Å². The fraction of sp³-hybridized carbons (Fsp3) is 0.462. The summed E-state index contributed by atoms with van der Waals surface area (Å²) in [6.45, 7) is 5.12. The minimum absolute atomic E-state index is 0.00357. The summed E-state index contributed by atoms with van der Waals surface area (Å²) in [5.41, 5.74) is 0.857.